The molecule has 1 N–H and O–H groups in total. The zero-order chi connectivity index (χ0) is 23.8. The fourth-order valence-corrected chi connectivity index (χ4v) is 3.14. The Morgan fingerprint density at radius 1 is 1.06 bits per heavy atom. The Morgan fingerprint density at radius 2 is 1.82 bits per heavy atom. The maximum atomic E-state index is 13.4. The summed E-state index contributed by atoms with van der Waals surface area (Å²) in [6.45, 7) is 0.149. The van der Waals surface area contributed by atoms with Crippen LogP contribution in [0.2, 0.25) is 5.02 Å². The molecule has 3 rings (SSSR count). The Kier molecular flexibility index (Phi) is 7.90. The van der Waals surface area contributed by atoms with Crippen LogP contribution in [0.3, 0.4) is 0 Å². The molecule has 0 aliphatic heterocycles. The minimum atomic E-state index is -0.622. The SMILES string of the molecule is COc1ccc(Cl)cc1NC(=O)/C(C#N)=C/c1ccc(OCc2cccc(F)c2)c(OC)c1. The summed E-state index contributed by atoms with van der Waals surface area (Å²) in [5, 5.41) is 12.5. The molecule has 33 heavy (non-hydrogen) atoms. The van der Waals surface area contributed by atoms with E-state index in [1.54, 1.807) is 42.5 Å². The van der Waals surface area contributed by atoms with Crippen LogP contribution in [0.4, 0.5) is 10.1 Å². The maximum absolute atomic E-state index is 13.4. The third-order valence-electron chi connectivity index (χ3n) is 4.56. The molecular weight excluding hydrogens is 447 g/mol. The van der Waals surface area contributed by atoms with Gasteiger partial charge < -0.3 is 19.5 Å². The molecule has 0 atom stereocenters. The Hall–Kier alpha value is -4.02. The molecule has 0 aromatic heterocycles. The lowest BCUT2D eigenvalue weighted by Gasteiger charge is -2.12. The van der Waals surface area contributed by atoms with Gasteiger partial charge in [0, 0.05) is 5.02 Å². The van der Waals surface area contributed by atoms with E-state index in [1.165, 1.54) is 38.5 Å². The van der Waals surface area contributed by atoms with Gasteiger partial charge in [-0.05, 0) is 59.7 Å². The van der Waals surface area contributed by atoms with Crippen LogP contribution in [-0.2, 0) is 11.4 Å². The second-order valence-corrected chi connectivity index (χ2v) is 7.23. The van der Waals surface area contributed by atoms with Crippen LogP contribution in [-0.4, -0.2) is 20.1 Å². The van der Waals surface area contributed by atoms with Crippen molar-refractivity contribution in [1.82, 2.24) is 0 Å². The Balaban J connectivity index is 1.78. The second kappa shape index (κ2) is 11.0. The van der Waals surface area contributed by atoms with Crippen molar-refractivity contribution in [3.05, 3.63) is 88.2 Å². The molecule has 0 saturated heterocycles. The first kappa shape index (κ1) is 23.6. The average molecular weight is 467 g/mol. The zero-order valence-electron chi connectivity index (χ0n) is 17.9. The van der Waals surface area contributed by atoms with Crippen LogP contribution in [0.15, 0.2) is 66.2 Å². The number of ether oxygens (including phenoxy) is 3. The van der Waals surface area contributed by atoms with Gasteiger partial charge in [-0.3, -0.25) is 4.79 Å². The number of benzene rings is 3. The summed E-state index contributed by atoms with van der Waals surface area (Å²) in [6, 6.07) is 17.7. The first-order valence-corrected chi connectivity index (χ1v) is 10.1. The second-order valence-electron chi connectivity index (χ2n) is 6.80. The Labute approximate surface area is 195 Å². The first-order valence-electron chi connectivity index (χ1n) is 9.75. The number of hydrogen-bond acceptors (Lipinski definition) is 5. The third-order valence-corrected chi connectivity index (χ3v) is 4.79. The van der Waals surface area contributed by atoms with E-state index in [9.17, 15) is 14.4 Å². The molecule has 0 aliphatic carbocycles. The van der Waals surface area contributed by atoms with E-state index in [0.29, 0.717) is 39.1 Å². The zero-order valence-corrected chi connectivity index (χ0v) is 18.7. The van der Waals surface area contributed by atoms with E-state index in [4.69, 9.17) is 25.8 Å². The predicted molar refractivity (Wildman–Crippen MR) is 124 cm³/mol. The number of rotatable bonds is 8. The molecule has 0 unspecified atom stereocenters. The van der Waals surface area contributed by atoms with Gasteiger partial charge in [0.15, 0.2) is 11.5 Å². The summed E-state index contributed by atoms with van der Waals surface area (Å²) in [7, 11) is 2.94. The van der Waals surface area contributed by atoms with Gasteiger partial charge in [-0.15, -0.1) is 0 Å². The van der Waals surface area contributed by atoms with Crippen molar-refractivity contribution in [3.63, 3.8) is 0 Å². The van der Waals surface area contributed by atoms with Crippen molar-refractivity contribution in [2.45, 2.75) is 6.61 Å². The van der Waals surface area contributed by atoms with Crippen LogP contribution in [0.25, 0.3) is 6.08 Å². The molecule has 168 valence electrons. The van der Waals surface area contributed by atoms with E-state index in [1.807, 2.05) is 6.07 Å². The number of hydrogen-bond donors (Lipinski definition) is 1. The van der Waals surface area contributed by atoms with Gasteiger partial charge in [-0.1, -0.05) is 29.8 Å². The molecule has 1 amide bonds. The van der Waals surface area contributed by atoms with Crippen LogP contribution >= 0.6 is 11.6 Å². The highest BCUT2D eigenvalue weighted by Gasteiger charge is 2.14. The highest BCUT2D eigenvalue weighted by Crippen LogP contribution is 2.31. The van der Waals surface area contributed by atoms with Gasteiger partial charge in [0.2, 0.25) is 0 Å². The molecule has 0 heterocycles. The topological polar surface area (TPSA) is 80.6 Å². The summed E-state index contributed by atoms with van der Waals surface area (Å²) in [5.74, 6) is 0.274. The number of carbonyl (C=O) groups excluding carboxylic acids is 1. The molecule has 3 aromatic rings. The molecule has 3 aromatic carbocycles. The van der Waals surface area contributed by atoms with Gasteiger partial charge in [0.05, 0.1) is 19.9 Å². The van der Waals surface area contributed by atoms with E-state index in [-0.39, 0.29) is 18.0 Å². The lowest BCUT2D eigenvalue weighted by Crippen LogP contribution is -2.14. The van der Waals surface area contributed by atoms with E-state index in [2.05, 4.69) is 5.32 Å². The molecule has 0 spiro atoms. The molecule has 0 radical (unpaired) electrons. The van der Waals surface area contributed by atoms with E-state index in [0.717, 1.165) is 0 Å². The van der Waals surface area contributed by atoms with Crippen molar-refractivity contribution < 1.29 is 23.4 Å². The molecule has 0 aliphatic rings. The first-order chi connectivity index (χ1) is 15.9. The maximum Gasteiger partial charge on any atom is 0.266 e. The molecule has 6 nitrogen and oxygen atoms in total. The molecular formula is C25H20ClFN2O4. The van der Waals surface area contributed by atoms with Crippen LogP contribution in [0, 0.1) is 17.1 Å². The fraction of sp³-hybridized carbons (Fsp3) is 0.120. The van der Waals surface area contributed by atoms with Gasteiger partial charge in [-0.25, -0.2) is 4.39 Å². The molecule has 0 saturated carbocycles. The number of nitrogens with zero attached hydrogens (tertiary/aromatic N) is 1. The van der Waals surface area contributed by atoms with Crippen molar-refractivity contribution in [2.24, 2.45) is 0 Å². The number of nitriles is 1. The minimum Gasteiger partial charge on any atom is -0.495 e. The number of halogens is 2. The largest absolute Gasteiger partial charge is 0.495 e. The highest BCUT2D eigenvalue weighted by atomic mass is 35.5. The summed E-state index contributed by atoms with van der Waals surface area (Å²) < 4.78 is 29.7. The number of amides is 1. The van der Waals surface area contributed by atoms with Crippen LogP contribution in [0.1, 0.15) is 11.1 Å². The average Bonchev–Trinajstić information content (AvgIpc) is 2.81. The quantitative estimate of drug-likeness (QED) is 0.344. The summed E-state index contributed by atoms with van der Waals surface area (Å²) in [6.07, 6.45) is 1.42. The van der Waals surface area contributed by atoms with Crippen molar-refractivity contribution in [1.29, 1.82) is 5.26 Å². The third kappa shape index (κ3) is 6.25. The number of carbonyl (C=O) groups is 1. The standard InChI is InChI=1S/C25H20ClFN2O4/c1-31-22-9-7-19(26)13-21(22)29-25(30)18(14-28)10-16-6-8-23(24(12-16)32-2)33-15-17-4-3-5-20(27)11-17/h3-13H,15H2,1-2H3,(H,29,30)/b18-10+. The normalized spacial score (nSPS) is 10.8. The van der Waals surface area contributed by atoms with Crippen molar-refractivity contribution >= 4 is 29.3 Å². The summed E-state index contributed by atoms with van der Waals surface area (Å²) in [4.78, 5) is 12.6. The number of methoxy groups -OCH3 is 2. The minimum absolute atomic E-state index is 0.132. The fourth-order valence-electron chi connectivity index (χ4n) is 2.96. The molecule has 0 fully saturated rings. The summed E-state index contributed by atoms with van der Waals surface area (Å²) >= 11 is 5.99. The van der Waals surface area contributed by atoms with Gasteiger partial charge in [0.1, 0.15) is 29.8 Å². The lowest BCUT2D eigenvalue weighted by molar-refractivity contribution is -0.112. The van der Waals surface area contributed by atoms with E-state index >= 15 is 0 Å². The number of nitrogens with one attached hydrogen (secondary N) is 1. The number of anilines is 1. The van der Waals surface area contributed by atoms with Crippen LogP contribution in [0.5, 0.6) is 17.2 Å². The Morgan fingerprint density at radius 3 is 2.52 bits per heavy atom. The highest BCUT2D eigenvalue weighted by molar-refractivity contribution is 6.31. The van der Waals surface area contributed by atoms with E-state index < -0.39 is 5.91 Å². The van der Waals surface area contributed by atoms with Crippen molar-refractivity contribution in [3.8, 4) is 23.3 Å². The lowest BCUT2D eigenvalue weighted by atomic mass is 10.1. The predicted octanol–water partition coefficient (Wildman–Crippen LogP) is 5.62. The van der Waals surface area contributed by atoms with Gasteiger partial charge in [-0.2, -0.15) is 5.26 Å². The van der Waals surface area contributed by atoms with Gasteiger partial charge in [0.25, 0.3) is 5.91 Å². The van der Waals surface area contributed by atoms with Crippen molar-refractivity contribution in [2.75, 3.05) is 19.5 Å². The smallest absolute Gasteiger partial charge is 0.266 e. The summed E-state index contributed by atoms with van der Waals surface area (Å²) in [5.41, 5.74) is 1.43. The Bertz CT molecular complexity index is 1240. The van der Waals surface area contributed by atoms with Crippen LogP contribution < -0.4 is 19.5 Å². The monoisotopic (exact) mass is 466 g/mol. The van der Waals surface area contributed by atoms with Gasteiger partial charge >= 0.3 is 0 Å². The molecule has 8 heteroatoms. The molecule has 0 bridgehead atoms.